The molecule has 0 saturated carbocycles. The van der Waals surface area contributed by atoms with Gasteiger partial charge in [-0.25, -0.2) is 4.98 Å². The highest BCUT2D eigenvalue weighted by molar-refractivity contribution is 5.58. The van der Waals surface area contributed by atoms with E-state index in [-0.39, 0.29) is 0 Å². The lowest BCUT2D eigenvalue weighted by atomic mass is 10.2. The number of likely N-dealkylation sites (N-methyl/N-ethyl adjacent to an activating group) is 1. The average molecular weight is 393 g/mol. The number of unbranched alkanes of at least 4 members (excludes halogenated alkanes) is 1. The van der Waals surface area contributed by atoms with Gasteiger partial charge in [0.2, 0.25) is 5.95 Å². The molecule has 154 valence electrons. The third-order valence-corrected chi connectivity index (χ3v) is 5.62. The molecule has 0 aliphatic carbocycles. The van der Waals surface area contributed by atoms with Crippen molar-refractivity contribution in [3.05, 3.63) is 41.6 Å². The van der Waals surface area contributed by atoms with E-state index in [1.54, 1.807) is 6.07 Å². The van der Waals surface area contributed by atoms with Gasteiger partial charge < -0.3 is 10.2 Å². The van der Waals surface area contributed by atoms with Crippen molar-refractivity contribution in [2.45, 2.75) is 52.5 Å². The number of aromatic nitrogens is 2. The van der Waals surface area contributed by atoms with Crippen molar-refractivity contribution in [2.24, 2.45) is 0 Å². The average Bonchev–Trinajstić information content (AvgIpc) is 3.23. The molecule has 29 heavy (non-hydrogen) atoms. The lowest BCUT2D eigenvalue weighted by Gasteiger charge is -2.26. The van der Waals surface area contributed by atoms with Gasteiger partial charge in [0.25, 0.3) is 0 Å². The van der Waals surface area contributed by atoms with Gasteiger partial charge in [-0.05, 0) is 50.6 Å². The second-order valence-electron chi connectivity index (χ2n) is 7.57. The standard InChI is InChI=1S/C23H32N6/c1-4-7-10-20-15-22(29-13-12-21(17-29)28(5-2)6-3)27-23(26-20)25-19-11-8-9-18(14-19)16-24/h8-9,11,14-15,21H,4-7,10,12-13,17H2,1-3H3,(H,25,26,27)/t21-/m0/s1. The van der Waals surface area contributed by atoms with Crippen LogP contribution in [0.3, 0.4) is 0 Å². The van der Waals surface area contributed by atoms with Crippen LogP contribution in [0.25, 0.3) is 0 Å². The molecule has 0 bridgehead atoms. The maximum absolute atomic E-state index is 9.15. The molecule has 1 aromatic carbocycles. The SMILES string of the molecule is CCCCc1cc(N2CC[C@H](N(CC)CC)C2)nc(Nc2cccc(C#N)c2)n1. The minimum Gasteiger partial charge on any atom is -0.355 e. The third kappa shape index (κ3) is 5.45. The molecule has 0 unspecified atom stereocenters. The summed E-state index contributed by atoms with van der Waals surface area (Å²) in [5.74, 6) is 1.61. The van der Waals surface area contributed by atoms with Crippen LogP contribution in [0, 0.1) is 11.3 Å². The van der Waals surface area contributed by atoms with Gasteiger partial charge >= 0.3 is 0 Å². The number of nitriles is 1. The summed E-state index contributed by atoms with van der Waals surface area (Å²) in [5, 5.41) is 12.5. The summed E-state index contributed by atoms with van der Waals surface area (Å²) in [6.45, 7) is 10.9. The minimum atomic E-state index is 0.586. The quantitative estimate of drug-likeness (QED) is 0.684. The smallest absolute Gasteiger partial charge is 0.229 e. The Balaban J connectivity index is 1.83. The monoisotopic (exact) mass is 392 g/mol. The molecule has 2 heterocycles. The first-order chi connectivity index (χ1) is 14.2. The van der Waals surface area contributed by atoms with E-state index in [2.05, 4.69) is 48.0 Å². The summed E-state index contributed by atoms with van der Waals surface area (Å²) >= 11 is 0. The highest BCUT2D eigenvalue weighted by Crippen LogP contribution is 2.25. The third-order valence-electron chi connectivity index (χ3n) is 5.62. The number of hydrogen-bond acceptors (Lipinski definition) is 6. The van der Waals surface area contributed by atoms with Gasteiger partial charge in [0.15, 0.2) is 0 Å². The molecule has 1 fully saturated rings. The van der Waals surface area contributed by atoms with E-state index in [0.717, 1.165) is 62.6 Å². The van der Waals surface area contributed by atoms with Gasteiger partial charge in [0.1, 0.15) is 5.82 Å². The van der Waals surface area contributed by atoms with Gasteiger partial charge in [-0.3, -0.25) is 4.90 Å². The molecule has 1 saturated heterocycles. The van der Waals surface area contributed by atoms with Crippen LogP contribution in [0.5, 0.6) is 0 Å². The van der Waals surface area contributed by atoms with E-state index in [4.69, 9.17) is 15.2 Å². The molecule has 1 aliphatic rings. The van der Waals surface area contributed by atoms with Crippen LogP contribution in [-0.2, 0) is 6.42 Å². The predicted molar refractivity (Wildman–Crippen MR) is 119 cm³/mol. The summed E-state index contributed by atoms with van der Waals surface area (Å²) < 4.78 is 0. The number of anilines is 3. The van der Waals surface area contributed by atoms with E-state index in [9.17, 15) is 0 Å². The van der Waals surface area contributed by atoms with Crippen molar-refractivity contribution in [1.29, 1.82) is 5.26 Å². The normalized spacial score (nSPS) is 16.2. The van der Waals surface area contributed by atoms with Crippen LogP contribution in [0.4, 0.5) is 17.5 Å². The van der Waals surface area contributed by atoms with E-state index in [1.165, 1.54) is 6.42 Å². The van der Waals surface area contributed by atoms with Gasteiger partial charge in [0, 0.05) is 36.6 Å². The molecule has 1 N–H and O–H groups in total. The maximum Gasteiger partial charge on any atom is 0.229 e. The molecule has 0 spiro atoms. The van der Waals surface area contributed by atoms with Gasteiger partial charge in [-0.15, -0.1) is 0 Å². The van der Waals surface area contributed by atoms with Crippen molar-refractivity contribution in [2.75, 3.05) is 36.4 Å². The Hall–Kier alpha value is -2.65. The minimum absolute atomic E-state index is 0.586. The first kappa shape index (κ1) is 21.1. The molecule has 6 heteroatoms. The molecule has 3 rings (SSSR count). The van der Waals surface area contributed by atoms with Crippen LogP contribution >= 0.6 is 0 Å². The van der Waals surface area contributed by atoms with E-state index in [1.807, 2.05) is 18.2 Å². The number of benzene rings is 1. The number of aryl methyl sites for hydroxylation is 1. The number of rotatable bonds is 9. The lowest BCUT2D eigenvalue weighted by molar-refractivity contribution is 0.232. The fraction of sp³-hybridized carbons (Fsp3) is 0.522. The Morgan fingerprint density at radius 1 is 1.21 bits per heavy atom. The molecular weight excluding hydrogens is 360 g/mol. The number of hydrogen-bond donors (Lipinski definition) is 1. The zero-order valence-corrected chi connectivity index (χ0v) is 17.9. The second-order valence-corrected chi connectivity index (χ2v) is 7.57. The molecule has 1 atom stereocenters. The first-order valence-corrected chi connectivity index (χ1v) is 10.8. The number of nitrogens with zero attached hydrogens (tertiary/aromatic N) is 5. The van der Waals surface area contributed by atoms with Crippen molar-refractivity contribution in [1.82, 2.24) is 14.9 Å². The Morgan fingerprint density at radius 3 is 2.76 bits per heavy atom. The van der Waals surface area contributed by atoms with Gasteiger partial charge in [0.05, 0.1) is 11.6 Å². The molecule has 1 aromatic heterocycles. The zero-order chi connectivity index (χ0) is 20.6. The predicted octanol–water partition coefficient (Wildman–Crippen LogP) is 4.35. The maximum atomic E-state index is 9.15. The Labute approximate surface area is 174 Å². The van der Waals surface area contributed by atoms with E-state index < -0.39 is 0 Å². The Bertz CT molecular complexity index is 840. The van der Waals surface area contributed by atoms with E-state index >= 15 is 0 Å². The highest BCUT2D eigenvalue weighted by atomic mass is 15.3. The molecule has 1 aliphatic heterocycles. The summed E-state index contributed by atoms with van der Waals surface area (Å²) in [6, 6.07) is 12.4. The highest BCUT2D eigenvalue weighted by Gasteiger charge is 2.27. The summed E-state index contributed by atoms with van der Waals surface area (Å²) in [4.78, 5) is 14.5. The lowest BCUT2D eigenvalue weighted by Crippen LogP contribution is -2.37. The Morgan fingerprint density at radius 2 is 2.03 bits per heavy atom. The van der Waals surface area contributed by atoms with Crippen molar-refractivity contribution in [3.8, 4) is 6.07 Å². The summed E-state index contributed by atoms with van der Waals surface area (Å²) in [5.41, 5.74) is 2.53. The number of nitrogens with one attached hydrogen (secondary N) is 1. The molecular formula is C23H32N6. The van der Waals surface area contributed by atoms with E-state index in [0.29, 0.717) is 17.6 Å². The molecule has 2 aromatic rings. The largest absolute Gasteiger partial charge is 0.355 e. The first-order valence-electron chi connectivity index (χ1n) is 10.8. The van der Waals surface area contributed by atoms with Gasteiger partial charge in [-0.2, -0.15) is 10.2 Å². The van der Waals surface area contributed by atoms with Crippen LogP contribution in [0.2, 0.25) is 0 Å². The summed E-state index contributed by atoms with van der Waals surface area (Å²) in [6.07, 6.45) is 4.37. The van der Waals surface area contributed by atoms with Crippen LogP contribution < -0.4 is 10.2 Å². The zero-order valence-electron chi connectivity index (χ0n) is 17.9. The topological polar surface area (TPSA) is 68.1 Å². The van der Waals surface area contributed by atoms with Gasteiger partial charge in [-0.1, -0.05) is 33.3 Å². The fourth-order valence-corrected chi connectivity index (χ4v) is 3.97. The fourth-order valence-electron chi connectivity index (χ4n) is 3.97. The second kappa shape index (κ2) is 10.2. The van der Waals surface area contributed by atoms with Crippen molar-refractivity contribution >= 4 is 17.5 Å². The molecule has 0 amide bonds. The van der Waals surface area contributed by atoms with Crippen LogP contribution in [0.15, 0.2) is 30.3 Å². The van der Waals surface area contributed by atoms with Crippen LogP contribution in [0.1, 0.15) is 51.3 Å². The van der Waals surface area contributed by atoms with Crippen molar-refractivity contribution < 1.29 is 0 Å². The molecule has 6 nitrogen and oxygen atoms in total. The van der Waals surface area contributed by atoms with Crippen LogP contribution in [-0.4, -0.2) is 47.1 Å². The Kier molecular flexibility index (Phi) is 7.42. The molecule has 0 radical (unpaired) electrons. The summed E-state index contributed by atoms with van der Waals surface area (Å²) in [7, 11) is 0. The van der Waals surface area contributed by atoms with Crippen molar-refractivity contribution in [3.63, 3.8) is 0 Å².